The average Bonchev–Trinajstić information content (AvgIpc) is 2.72. The molecule has 2 amide bonds. The highest BCUT2D eigenvalue weighted by Crippen LogP contribution is 2.41. The van der Waals surface area contributed by atoms with Crippen molar-refractivity contribution in [1.29, 1.82) is 0 Å². The molecular formula is C16H22N2O4. The molecule has 6 heteroatoms. The lowest BCUT2D eigenvalue weighted by Crippen LogP contribution is -2.40. The summed E-state index contributed by atoms with van der Waals surface area (Å²) in [5, 5.41) is 0. The van der Waals surface area contributed by atoms with E-state index in [0.717, 1.165) is 16.9 Å². The highest BCUT2D eigenvalue weighted by molar-refractivity contribution is 5.93. The Balaban J connectivity index is 2.11. The van der Waals surface area contributed by atoms with Crippen LogP contribution >= 0.6 is 0 Å². The molecule has 1 heterocycles. The fourth-order valence-electron chi connectivity index (χ4n) is 2.31. The van der Waals surface area contributed by atoms with E-state index in [0.29, 0.717) is 11.5 Å². The SMILES string of the molecule is CN(C)CC(=O)N(C)C(=O)Oc1cccc2c1OC(C)(C)C2. The lowest BCUT2D eigenvalue weighted by molar-refractivity contribution is -0.128. The summed E-state index contributed by atoms with van der Waals surface area (Å²) in [6.45, 7) is 4.10. The smallest absolute Gasteiger partial charge is 0.421 e. The van der Waals surface area contributed by atoms with Crippen LogP contribution in [0.2, 0.25) is 0 Å². The quantitative estimate of drug-likeness (QED) is 0.854. The number of likely N-dealkylation sites (N-methyl/N-ethyl adjacent to an activating group) is 2. The molecule has 0 fully saturated rings. The van der Waals surface area contributed by atoms with Gasteiger partial charge in [0.25, 0.3) is 0 Å². The zero-order valence-corrected chi connectivity index (χ0v) is 13.7. The molecular weight excluding hydrogens is 284 g/mol. The van der Waals surface area contributed by atoms with Crippen molar-refractivity contribution in [1.82, 2.24) is 9.80 Å². The van der Waals surface area contributed by atoms with Crippen molar-refractivity contribution in [2.24, 2.45) is 0 Å². The molecule has 0 aromatic heterocycles. The van der Waals surface area contributed by atoms with Gasteiger partial charge in [0.15, 0.2) is 11.5 Å². The van der Waals surface area contributed by atoms with E-state index in [1.807, 2.05) is 26.0 Å². The van der Waals surface area contributed by atoms with Crippen molar-refractivity contribution >= 4 is 12.0 Å². The first-order valence-corrected chi connectivity index (χ1v) is 7.13. The summed E-state index contributed by atoms with van der Waals surface area (Å²) < 4.78 is 11.2. The summed E-state index contributed by atoms with van der Waals surface area (Å²) >= 11 is 0. The third-order valence-corrected chi connectivity index (χ3v) is 3.35. The zero-order chi connectivity index (χ0) is 16.5. The summed E-state index contributed by atoms with van der Waals surface area (Å²) in [5.74, 6) is 0.593. The van der Waals surface area contributed by atoms with Gasteiger partial charge in [-0.2, -0.15) is 0 Å². The second-order valence-corrected chi connectivity index (χ2v) is 6.34. The van der Waals surface area contributed by atoms with Crippen LogP contribution in [-0.2, 0) is 11.2 Å². The van der Waals surface area contributed by atoms with Gasteiger partial charge in [0, 0.05) is 19.0 Å². The third kappa shape index (κ3) is 3.57. The van der Waals surface area contributed by atoms with Gasteiger partial charge in [-0.3, -0.25) is 4.79 Å². The first-order valence-electron chi connectivity index (χ1n) is 7.13. The number of para-hydroxylation sites is 1. The fraction of sp³-hybridized carbons (Fsp3) is 0.500. The predicted molar refractivity (Wildman–Crippen MR) is 82.2 cm³/mol. The Morgan fingerprint density at radius 1 is 1.27 bits per heavy atom. The van der Waals surface area contributed by atoms with Crippen LogP contribution in [0.1, 0.15) is 19.4 Å². The first-order chi connectivity index (χ1) is 10.2. The molecule has 0 bridgehead atoms. The number of fused-ring (bicyclic) bond motifs is 1. The molecule has 6 nitrogen and oxygen atoms in total. The van der Waals surface area contributed by atoms with E-state index in [1.165, 1.54) is 7.05 Å². The van der Waals surface area contributed by atoms with E-state index in [2.05, 4.69) is 0 Å². The number of benzene rings is 1. The highest BCUT2D eigenvalue weighted by atomic mass is 16.6. The van der Waals surface area contributed by atoms with E-state index in [-0.39, 0.29) is 18.1 Å². The van der Waals surface area contributed by atoms with Gasteiger partial charge >= 0.3 is 6.09 Å². The largest absolute Gasteiger partial charge is 0.483 e. The predicted octanol–water partition coefficient (Wildman–Crippen LogP) is 1.92. The number of rotatable bonds is 3. The third-order valence-electron chi connectivity index (χ3n) is 3.35. The molecule has 1 aliphatic heterocycles. The molecule has 0 aliphatic carbocycles. The zero-order valence-electron chi connectivity index (χ0n) is 13.7. The lowest BCUT2D eigenvalue weighted by Gasteiger charge is -2.20. The Kier molecular flexibility index (Phi) is 4.42. The molecule has 1 aliphatic rings. The molecule has 1 aromatic rings. The van der Waals surface area contributed by atoms with Crippen LogP contribution in [0.4, 0.5) is 4.79 Å². The first kappa shape index (κ1) is 16.3. The number of nitrogens with zero attached hydrogens (tertiary/aromatic N) is 2. The summed E-state index contributed by atoms with van der Waals surface area (Å²) in [6, 6.07) is 5.43. The van der Waals surface area contributed by atoms with Gasteiger partial charge in [-0.15, -0.1) is 0 Å². The minimum atomic E-state index is -0.714. The summed E-state index contributed by atoms with van der Waals surface area (Å²) in [6.07, 6.45) is 0.0388. The Morgan fingerprint density at radius 3 is 2.59 bits per heavy atom. The number of amides is 2. The van der Waals surface area contributed by atoms with Crippen LogP contribution in [0.3, 0.4) is 0 Å². The minimum Gasteiger partial charge on any atom is -0.483 e. The van der Waals surface area contributed by atoms with Gasteiger partial charge in [-0.1, -0.05) is 12.1 Å². The van der Waals surface area contributed by atoms with Crippen molar-refractivity contribution in [2.45, 2.75) is 25.9 Å². The average molecular weight is 306 g/mol. The van der Waals surface area contributed by atoms with Crippen LogP contribution in [-0.4, -0.2) is 55.1 Å². The molecule has 0 atom stereocenters. The van der Waals surface area contributed by atoms with Crippen LogP contribution in [0.5, 0.6) is 11.5 Å². The molecule has 120 valence electrons. The second-order valence-electron chi connectivity index (χ2n) is 6.34. The van der Waals surface area contributed by atoms with Gasteiger partial charge in [0.2, 0.25) is 5.91 Å². The maximum atomic E-state index is 12.1. The molecule has 0 unspecified atom stereocenters. The normalized spacial score (nSPS) is 15.2. The molecule has 0 radical (unpaired) electrons. The van der Waals surface area contributed by atoms with Crippen molar-refractivity contribution in [2.75, 3.05) is 27.7 Å². The number of hydrogen-bond donors (Lipinski definition) is 0. The summed E-state index contributed by atoms with van der Waals surface area (Å²) in [5.41, 5.74) is 0.676. The molecule has 0 saturated heterocycles. The Hall–Kier alpha value is -2.08. The number of hydrogen-bond acceptors (Lipinski definition) is 5. The fourth-order valence-corrected chi connectivity index (χ4v) is 2.31. The van der Waals surface area contributed by atoms with Crippen molar-refractivity contribution in [3.05, 3.63) is 23.8 Å². The molecule has 0 saturated carbocycles. The van der Waals surface area contributed by atoms with Crippen LogP contribution in [0.15, 0.2) is 18.2 Å². The van der Waals surface area contributed by atoms with Gasteiger partial charge in [-0.25, -0.2) is 9.69 Å². The maximum absolute atomic E-state index is 12.1. The van der Waals surface area contributed by atoms with Crippen molar-refractivity contribution in [3.63, 3.8) is 0 Å². The number of carbonyl (C=O) groups excluding carboxylic acids is 2. The van der Waals surface area contributed by atoms with Crippen LogP contribution < -0.4 is 9.47 Å². The standard InChI is InChI=1S/C16H22N2O4/c1-16(2)9-11-7-6-8-12(14(11)22-16)21-15(20)18(5)13(19)10-17(3)4/h6-8H,9-10H2,1-5H3. The lowest BCUT2D eigenvalue weighted by atomic mass is 10.0. The van der Waals surface area contributed by atoms with Gasteiger partial charge in [-0.05, 0) is 34.0 Å². The highest BCUT2D eigenvalue weighted by Gasteiger charge is 2.33. The van der Waals surface area contributed by atoms with E-state index >= 15 is 0 Å². The van der Waals surface area contributed by atoms with Gasteiger partial charge < -0.3 is 14.4 Å². The molecule has 22 heavy (non-hydrogen) atoms. The number of ether oxygens (including phenoxy) is 2. The molecule has 1 aromatic carbocycles. The summed E-state index contributed by atoms with van der Waals surface area (Å²) in [4.78, 5) is 26.6. The Labute approximate surface area is 130 Å². The van der Waals surface area contributed by atoms with E-state index in [4.69, 9.17) is 9.47 Å². The number of carbonyl (C=O) groups is 2. The van der Waals surface area contributed by atoms with Gasteiger partial charge in [0.1, 0.15) is 5.60 Å². The van der Waals surface area contributed by atoms with Crippen molar-refractivity contribution < 1.29 is 19.1 Å². The van der Waals surface area contributed by atoms with E-state index in [9.17, 15) is 9.59 Å². The Bertz CT molecular complexity index is 596. The molecule has 2 rings (SSSR count). The van der Waals surface area contributed by atoms with Crippen molar-refractivity contribution in [3.8, 4) is 11.5 Å². The van der Waals surface area contributed by atoms with E-state index < -0.39 is 6.09 Å². The maximum Gasteiger partial charge on any atom is 0.421 e. The minimum absolute atomic E-state index is 0.141. The van der Waals surface area contributed by atoms with Crippen LogP contribution in [0, 0.1) is 0 Å². The van der Waals surface area contributed by atoms with E-state index in [1.54, 1.807) is 25.1 Å². The van der Waals surface area contributed by atoms with Crippen LogP contribution in [0.25, 0.3) is 0 Å². The number of imide groups is 1. The molecule has 0 N–H and O–H groups in total. The van der Waals surface area contributed by atoms with Gasteiger partial charge in [0.05, 0.1) is 6.54 Å². The Morgan fingerprint density at radius 2 is 1.95 bits per heavy atom. The summed E-state index contributed by atoms with van der Waals surface area (Å²) in [7, 11) is 4.93. The second kappa shape index (κ2) is 5.96. The monoisotopic (exact) mass is 306 g/mol. The topological polar surface area (TPSA) is 59.1 Å². The molecule has 0 spiro atoms.